The van der Waals surface area contributed by atoms with Gasteiger partial charge in [0.2, 0.25) is 0 Å². The van der Waals surface area contributed by atoms with Crippen molar-refractivity contribution >= 4 is 5.91 Å². The molecular formula is C14H15F3N2O2. The maximum absolute atomic E-state index is 13.7. The lowest BCUT2D eigenvalue weighted by molar-refractivity contribution is 0.0505. The molecule has 4 nitrogen and oxygen atoms in total. The first-order valence-corrected chi connectivity index (χ1v) is 6.16. The molecule has 3 N–H and O–H groups in total. The predicted octanol–water partition coefficient (Wildman–Crippen LogP) is 0.836. The van der Waals surface area contributed by atoms with Gasteiger partial charge in [0.25, 0.3) is 12.3 Å². The number of benzene rings is 1. The lowest BCUT2D eigenvalue weighted by Crippen LogP contribution is -2.37. The van der Waals surface area contributed by atoms with Crippen LogP contribution in [-0.2, 0) is 0 Å². The van der Waals surface area contributed by atoms with E-state index in [4.69, 9.17) is 10.8 Å². The van der Waals surface area contributed by atoms with Crippen LogP contribution in [0.1, 0.15) is 15.9 Å². The van der Waals surface area contributed by atoms with E-state index in [2.05, 4.69) is 11.8 Å². The number of hydrogen-bond donors (Lipinski definition) is 2. The SMILES string of the molecule is NCC#Cc1ccc(F)c(C(=O)N(CCO)CC(F)F)c1. The molecule has 1 rings (SSSR count). The molecule has 1 amide bonds. The first-order valence-electron chi connectivity index (χ1n) is 6.16. The third-order valence-electron chi connectivity index (χ3n) is 2.55. The van der Waals surface area contributed by atoms with Gasteiger partial charge in [-0.05, 0) is 18.2 Å². The van der Waals surface area contributed by atoms with Gasteiger partial charge in [0.05, 0.1) is 25.3 Å². The molecule has 0 aliphatic rings. The minimum atomic E-state index is -2.77. The highest BCUT2D eigenvalue weighted by molar-refractivity contribution is 5.95. The summed E-state index contributed by atoms with van der Waals surface area (Å²) in [6.07, 6.45) is -2.77. The topological polar surface area (TPSA) is 66.6 Å². The molecule has 0 heterocycles. The Kier molecular flexibility index (Phi) is 6.72. The summed E-state index contributed by atoms with van der Waals surface area (Å²) in [5.41, 5.74) is 5.20. The summed E-state index contributed by atoms with van der Waals surface area (Å²) in [5, 5.41) is 8.82. The van der Waals surface area contributed by atoms with Gasteiger partial charge in [-0.3, -0.25) is 4.79 Å². The highest BCUT2D eigenvalue weighted by Gasteiger charge is 2.22. The molecule has 0 bridgehead atoms. The molecule has 0 saturated carbocycles. The standard InChI is InChI=1S/C14H15F3N2O2/c15-12-4-3-10(2-1-5-18)8-11(12)14(21)19(6-7-20)9-13(16)17/h3-4,8,13,20H,5-7,9,18H2. The number of alkyl halides is 2. The Morgan fingerprint density at radius 1 is 1.43 bits per heavy atom. The average Bonchev–Trinajstić information content (AvgIpc) is 2.45. The van der Waals surface area contributed by atoms with Gasteiger partial charge in [-0.2, -0.15) is 0 Å². The second-order valence-electron chi connectivity index (χ2n) is 4.07. The first-order chi connectivity index (χ1) is 9.99. The quantitative estimate of drug-likeness (QED) is 0.792. The highest BCUT2D eigenvalue weighted by Crippen LogP contribution is 2.14. The molecule has 0 unspecified atom stereocenters. The molecular weight excluding hydrogens is 285 g/mol. The third-order valence-corrected chi connectivity index (χ3v) is 2.55. The van der Waals surface area contributed by atoms with Gasteiger partial charge in [-0.1, -0.05) is 11.8 Å². The number of carbonyl (C=O) groups excluding carboxylic acids is 1. The number of amides is 1. The minimum absolute atomic E-state index is 0.0999. The Morgan fingerprint density at radius 3 is 2.71 bits per heavy atom. The molecule has 0 aliphatic carbocycles. The Bertz CT molecular complexity index is 553. The number of aliphatic hydroxyl groups excluding tert-OH is 1. The van der Waals surface area contributed by atoms with Crippen LogP contribution in [0.3, 0.4) is 0 Å². The first kappa shape index (κ1) is 17.0. The number of halogens is 3. The number of aliphatic hydroxyl groups is 1. The Balaban J connectivity index is 3.08. The zero-order chi connectivity index (χ0) is 15.8. The number of hydrogen-bond acceptors (Lipinski definition) is 3. The summed E-state index contributed by atoms with van der Waals surface area (Å²) in [6.45, 7) is -1.58. The Morgan fingerprint density at radius 2 is 2.14 bits per heavy atom. The van der Waals surface area contributed by atoms with Crippen LogP contribution >= 0.6 is 0 Å². The second-order valence-corrected chi connectivity index (χ2v) is 4.07. The van der Waals surface area contributed by atoms with Crippen LogP contribution in [0.25, 0.3) is 0 Å². The molecule has 7 heteroatoms. The van der Waals surface area contributed by atoms with Crippen molar-refractivity contribution in [2.45, 2.75) is 6.43 Å². The van der Waals surface area contributed by atoms with Crippen LogP contribution in [-0.4, -0.2) is 48.6 Å². The van der Waals surface area contributed by atoms with Crippen LogP contribution in [0.4, 0.5) is 13.2 Å². The number of nitrogens with zero attached hydrogens (tertiary/aromatic N) is 1. The number of nitrogens with two attached hydrogens (primary N) is 1. The fraction of sp³-hybridized carbons (Fsp3) is 0.357. The summed E-state index contributed by atoms with van der Waals surface area (Å²) < 4.78 is 38.6. The van der Waals surface area contributed by atoms with Gasteiger partial charge in [-0.15, -0.1) is 0 Å². The van der Waals surface area contributed by atoms with E-state index in [0.29, 0.717) is 10.5 Å². The van der Waals surface area contributed by atoms with Crippen molar-refractivity contribution in [3.8, 4) is 11.8 Å². The lowest BCUT2D eigenvalue weighted by Gasteiger charge is -2.21. The van der Waals surface area contributed by atoms with E-state index in [1.165, 1.54) is 12.1 Å². The van der Waals surface area contributed by atoms with Crippen LogP contribution in [0.15, 0.2) is 18.2 Å². The van der Waals surface area contributed by atoms with Gasteiger partial charge in [0, 0.05) is 12.1 Å². The molecule has 21 heavy (non-hydrogen) atoms. The Hall–Kier alpha value is -2.04. The van der Waals surface area contributed by atoms with Gasteiger partial charge >= 0.3 is 0 Å². The minimum Gasteiger partial charge on any atom is -0.395 e. The molecule has 0 aliphatic heterocycles. The fourth-order valence-corrected chi connectivity index (χ4v) is 1.65. The molecule has 1 aromatic carbocycles. The van der Waals surface area contributed by atoms with E-state index in [9.17, 15) is 18.0 Å². The molecule has 0 aromatic heterocycles. The molecule has 0 saturated heterocycles. The molecule has 0 radical (unpaired) electrons. The third kappa shape index (κ3) is 5.10. The van der Waals surface area contributed by atoms with Crippen molar-refractivity contribution in [1.82, 2.24) is 4.90 Å². The molecule has 0 fully saturated rings. The summed E-state index contributed by atoms with van der Waals surface area (Å²) in [4.78, 5) is 12.8. The predicted molar refractivity (Wildman–Crippen MR) is 71.3 cm³/mol. The van der Waals surface area contributed by atoms with Crippen molar-refractivity contribution < 1.29 is 23.1 Å². The largest absolute Gasteiger partial charge is 0.395 e. The normalized spacial score (nSPS) is 10.2. The number of rotatable bonds is 5. The highest BCUT2D eigenvalue weighted by atomic mass is 19.3. The van der Waals surface area contributed by atoms with Crippen molar-refractivity contribution in [3.63, 3.8) is 0 Å². The van der Waals surface area contributed by atoms with Crippen molar-refractivity contribution in [2.75, 3.05) is 26.2 Å². The van der Waals surface area contributed by atoms with Crippen LogP contribution in [0.5, 0.6) is 0 Å². The van der Waals surface area contributed by atoms with Crippen molar-refractivity contribution in [2.24, 2.45) is 5.73 Å². The smallest absolute Gasteiger partial charge is 0.257 e. The molecule has 1 aromatic rings. The summed E-state index contributed by atoms with van der Waals surface area (Å²) in [5.74, 6) is 3.42. The van der Waals surface area contributed by atoms with Gasteiger partial charge in [-0.25, -0.2) is 13.2 Å². The number of carbonyl (C=O) groups is 1. The van der Waals surface area contributed by atoms with Crippen LogP contribution in [0, 0.1) is 17.7 Å². The van der Waals surface area contributed by atoms with Gasteiger partial charge in [0.15, 0.2) is 0 Å². The lowest BCUT2D eigenvalue weighted by atomic mass is 10.1. The summed E-state index contributed by atoms with van der Waals surface area (Å²) >= 11 is 0. The fourth-order valence-electron chi connectivity index (χ4n) is 1.65. The van der Waals surface area contributed by atoms with E-state index in [1.54, 1.807) is 0 Å². The molecule has 0 spiro atoms. The maximum Gasteiger partial charge on any atom is 0.257 e. The van der Waals surface area contributed by atoms with Crippen molar-refractivity contribution in [3.05, 3.63) is 35.1 Å². The van der Waals surface area contributed by atoms with Crippen LogP contribution < -0.4 is 5.73 Å². The van der Waals surface area contributed by atoms with E-state index in [1.807, 2.05) is 0 Å². The molecule has 0 atom stereocenters. The Labute approximate surface area is 120 Å². The van der Waals surface area contributed by atoms with E-state index in [0.717, 1.165) is 6.07 Å². The summed E-state index contributed by atoms with van der Waals surface area (Å²) in [6, 6.07) is 3.57. The summed E-state index contributed by atoms with van der Waals surface area (Å²) in [7, 11) is 0. The van der Waals surface area contributed by atoms with Gasteiger partial charge in [0.1, 0.15) is 5.82 Å². The second kappa shape index (κ2) is 8.29. The molecule has 114 valence electrons. The maximum atomic E-state index is 13.7. The van der Waals surface area contributed by atoms with Crippen LogP contribution in [0.2, 0.25) is 0 Å². The van der Waals surface area contributed by atoms with E-state index >= 15 is 0 Å². The zero-order valence-electron chi connectivity index (χ0n) is 11.2. The van der Waals surface area contributed by atoms with Crippen molar-refractivity contribution in [1.29, 1.82) is 0 Å². The van der Waals surface area contributed by atoms with Gasteiger partial charge < -0.3 is 15.7 Å². The monoisotopic (exact) mass is 300 g/mol. The zero-order valence-corrected chi connectivity index (χ0v) is 11.2. The average molecular weight is 300 g/mol. The van der Waals surface area contributed by atoms with E-state index in [-0.39, 0.29) is 18.7 Å². The van der Waals surface area contributed by atoms with E-state index < -0.39 is 31.3 Å².